The Kier molecular flexibility index (Phi) is 4.94. The van der Waals surface area contributed by atoms with Crippen molar-refractivity contribution in [2.24, 2.45) is 0 Å². The van der Waals surface area contributed by atoms with Crippen molar-refractivity contribution in [2.45, 2.75) is 62.6 Å². The van der Waals surface area contributed by atoms with Crippen LogP contribution in [0.25, 0.3) is 0 Å². The molecule has 0 aromatic heterocycles. The average molecular weight is 338 g/mol. The van der Waals surface area contributed by atoms with E-state index in [9.17, 15) is 8.42 Å². The van der Waals surface area contributed by atoms with E-state index in [1.165, 1.54) is 12.8 Å². The van der Waals surface area contributed by atoms with Crippen molar-refractivity contribution >= 4 is 10.0 Å². The van der Waals surface area contributed by atoms with Gasteiger partial charge in [-0.2, -0.15) is 0 Å². The fourth-order valence-electron chi connectivity index (χ4n) is 3.08. The second kappa shape index (κ2) is 6.79. The molecule has 0 bridgehead atoms. The second-order valence-corrected chi connectivity index (χ2v) is 8.51. The van der Waals surface area contributed by atoms with Gasteiger partial charge in [0, 0.05) is 12.1 Å². The Morgan fingerprint density at radius 1 is 1.09 bits per heavy atom. The molecule has 0 unspecified atom stereocenters. The first kappa shape index (κ1) is 16.7. The molecule has 0 atom stereocenters. The zero-order valence-corrected chi connectivity index (χ0v) is 14.7. The molecule has 1 aromatic carbocycles. The minimum atomic E-state index is -3.45. The Bertz CT molecular complexity index is 616. The maximum atomic E-state index is 12.5. The van der Waals surface area contributed by atoms with E-state index in [-0.39, 0.29) is 12.1 Å². The fourth-order valence-corrected chi connectivity index (χ4v) is 4.38. The molecule has 1 heterocycles. The number of benzene rings is 1. The Balaban J connectivity index is 1.58. The monoisotopic (exact) mass is 338 g/mol. The third-order valence-corrected chi connectivity index (χ3v) is 5.96. The Morgan fingerprint density at radius 3 is 2.22 bits per heavy atom. The van der Waals surface area contributed by atoms with Crippen LogP contribution in [-0.4, -0.2) is 44.6 Å². The highest BCUT2D eigenvalue weighted by Crippen LogP contribution is 2.29. The van der Waals surface area contributed by atoms with Crippen molar-refractivity contribution in [3.8, 4) is 5.75 Å². The van der Waals surface area contributed by atoms with E-state index in [0.29, 0.717) is 10.6 Å². The van der Waals surface area contributed by atoms with Crippen LogP contribution in [0.5, 0.6) is 5.75 Å². The SMILES string of the molecule is CC(C)Oc1ccc(S(=O)(=O)NC2CCN(C3CC3)CC2)cc1. The Morgan fingerprint density at radius 2 is 1.70 bits per heavy atom. The Labute approximate surface area is 139 Å². The highest BCUT2D eigenvalue weighted by atomic mass is 32.2. The minimum Gasteiger partial charge on any atom is -0.491 e. The summed E-state index contributed by atoms with van der Waals surface area (Å²) in [5, 5.41) is 0. The molecule has 1 saturated carbocycles. The van der Waals surface area contributed by atoms with Crippen molar-refractivity contribution in [3.63, 3.8) is 0 Å². The third-order valence-electron chi connectivity index (χ3n) is 4.42. The van der Waals surface area contributed by atoms with Gasteiger partial charge in [-0.25, -0.2) is 13.1 Å². The highest BCUT2D eigenvalue weighted by Gasteiger charge is 2.32. The second-order valence-electron chi connectivity index (χ2n) is 6.80. The molecule has 2 aliphatic rings. The van der Waals surface area contributed by atoms with Gasteiger partial charge in [0.1, 0.15) is 5.75 Å². The summed E-state index contributed by atoms with van der Waals surface area (Å²) < 4.78 is 33.4. The molecule has 2 fully saturated rings. The van der Waals surface area contributed by atoms with Gasteiger partial charge in [0.2, 0.25) is 10.0 Å². The van der Waals surface area contributed by atoms with Crippen LogP contribution in [0.3, 0.4) is 0 Å². The molecule has 1 N–H and O–H groups in total. The third kappa shape index (κ3) is 4.46. The maximum Gasteiger partial charge on any atom is 0.240 e. The molecule has 1 aliphatic heterocycles. The summed E-state index contributed by atoms with van der Waals surface area (Å²) >= 11 is 0. The molecule has 1 saturated heterocycles. The van der Waals surface area contributed by atoms with E-state index in [4.69, 9.17) is 4.74 Å². The lowest BCUT2D eigenvalue weighted by Crippen LogP contribution is -2.45. The van der Waals surface area contributed by atoms with Gasteiger partial charge in [0.05, 0.1) is 11.0 Å². The number of nitrogens with one attached hydrogen (secondary N) is 1. The van der Waals surface area contributed by atoms with E-state index < -0.39 is 10.0 Å². The van der Waals surface area contributed by atoms with Crippen LogP contribution in [0.1, 0.15) is 39.5 Å². The quantitative estimate of drug-likeness (QED) is 0.865. The zero-order valence-electron chi connectivity index (χ0n) is 13.9. The van der Waals surface area contributed by atoms with Crippen LogP contribution >= 0.6 is 0 Å². The predicted octanol–water partition coefficient (Wildman–Crippen LogP) is 2.38. The topological polar surface area (TPSA) is 58.6 Å². The van der Waals surface area contributed by atoms with Crippen molar-refractivity contribution in [3.05, 3.63) is 24.3 Å². The first-order chi connectivity index (χ1) is 10.9. The van der Waals surface area contributed by atoms with Crippen molar-refractivity contribution < 1.29 is 13.2 Å². The number of sulfonamides is 1. The molecule has 6 heteroatoms. The summed E-state index contributed by atoms with van der Waals surface area (Å²) in [6.07, 6.45) is 4.48. The van der Waals surface area contributed by atoms with E-state index in [1.807, 2.05) is 13.8 Å². The molecule has 3 rings (SSSR count). The molecule has 1 aromatic rings. The maximum absolute atomic E-state index is 12.5. The van der Waals surface area contributed by atoms with Gasteiger partial charge >= 0.3 is 0 Å². The normalized spacial score (nSPS) is 20.8. The molecule has 1 aliphatic carbocycles. The molecule has 5 nitrogen and oxygen atoms in total. The Hall–Kier alpha value is -1.11. The van der Waals surface area contributed by atoms with Gasteiger partial charge in [-0.1, -0.05) is 0 Å². The number of piperidine rings is 1. The van der Waals surface area contributed by atoms with Gasteiger partial charge < -0.3 is 9.64 Å². The van der Waals surface area contributed by atoms with E-state index in [1.54, 1.807) is 24.3 Å². The lowest BCUT2D eigenvalue weighted by atomic mass is 10.1. The summed E-state index contributed by atoms with van der Waals surface area (Å²) in [6.45, 7) is 5.89. The molecule has 0 radical (unpaired) electrons. The number of hydrogen-bond acceptors (Lipinski definition) is 4. The summed E-state index contributed by atoms with van der Waals surface area (Å²) in [5.74, 6) is 0.691. The number of likely N-dealkylation sites (tertiary alicyclic amines) is 1. The summed E-state index contributed by atoms with van der Waals surface area (Å²) in [7, 11) is -3.45. The van der Waals surface area contributed by atoms with Crippen LogP contribution in [0.15, 0.2) is 29.2 Å². The average Bonchev–Trinajstić information content (AvgIpc) is 3.32. The summed E-state index contributed by atoms with van der Waals surface area (Å²) in [6, 6.07) is 7.45. The van der Waals surface area contributed by atoms with Gasteiger partial charge in [0.25, 0.3) is 0 Å². The number of ether oxygens (including phenoxy) is 1. The number of rotatable bonds is 6. The van der Waals surface area contributed by atoms with Crippen LogP contribution in [0, 0.1) is 0 Å². The van der Waals surface area contributed by atoms with Crippen molar-refractivity contribution in [1.29, 1.82) is 0 Å². The molecular formula is C17H26N2O3S. The molecule has 23 heavy (non-hydrogen) atoms. The van der Waals surface area contributed by atoms with Gasteiger partial charge in [-0.05, 0) is 76.9 Å². The van der Waals surface area contributed by atoms with E-state index >= 15 is 0 Å². The van der Waals surface area contributed by atoms with E-state index in [2.05, 4.69) is 9.62 Å². The van der Waals surface area contributed by atoms with Crippen molar-refractivity contribution in [2.75, 3.05) is 13.1 Å². The van der Waals surface area contributed by atoms with Gasteiger partial charge in [0.15, 0.2) is 0 Å². The number of hydrogen-bond donors (Lipinski definition) is 1. The highest BCUT2D eigenvalue weighted by molar-refractivity contribution is 7.89. The lowest BCUT2D eigenvalue weighted by Gasteiger charge is -2.32. The van der Waals surface area contributed by atoms with Crippen molar-refractivity contribution in [1.82, 2.24) is 9.62 Å². The fraction of sp³-hybridized carbons (Fsp3) is 0.647. The molecule has 128 valence electrons. The lowest BCUT2D eigenvalue weighted by molar-refractivity contribution is 0.199. The van der Waals surface area contributed by atoms with E-state index in [0.717, 1.165) is 32.0 Å². The zero-order chi connectivity index (χ0) is 16.4. The standard InChI is InChI=1S/C17H26N2O3S/c1-13(2)22-16-5-7-17(8-6-16)23(20,21)18-14-9-11-19(12-10-14)15-3-4-15/h5-8,13-15,18H,3-4,9-12H2,1-2H3. The van der Waals surface area contributed by atoms with Gasteiger partial charge in [-0.15, -0.1) is 0 Å². The first-order valence-corrected chi connectivity index (χ1v) is 9.95. The first-order valence-electron chi connectivity index (χ1n) is 8.47. The van der Waals surface area contributed by atoms with Gasteiger partial charge in [-0.3, -0.25) is 0 Å². The van der Waals surface area contributed by atoms with Crippen LogP contribution in [-0.2, 0) is 10.0 Å². The van der Waals surface area contributed by atoms with Crippen LogP contribution in [0.2, 0.25) is 0 Å². The number of nitrogens with zero attached hydrogens (tertiary/aromatic N) is 1. The summed E-state index contributed by atoms with van der Waals surface area (Å²) in [5.41, 5.74) is 0. The smallest absolute Gasteiger partial charge is 0.240 e. The molecular weight excluding hydrogens is 312 g/mol. The summed E-state index contributed by atoms with van der Waals surface area (Å²) in [4.78, 5) is 2.79. The van der Waals surface area contributed by atoms with Crippen LogP contribution < -0.4 is 9.46 Å². The van der Waals surface area contributed by atoms with Crippen LogP contribution in [0.4, 0.5) is 0 Å². The largest absolute Gasteiger partial charge is 0.491 e. The molecule has 0 amide bonds. The molecule has 0 spiro atoms. The predicted molar refractivity (Wildman–Crippen MR) is 90.1 cm³/mol. The minimum absolute atomic E-state index is 0.0431.